The first-order valence-electron chi connectivity index (χ1n) is 8.38. The number of hydrogen-bond acceptors (Lipinski definition) is 5. The molecule has 1 aromatic carbocycles. The molecule has 7 nitrogen and oxygen atoms in total. The van der Waals surface area contributed by atoms with Gasteiger partial charge in [0.25, 0.3) is 5.91 Å². The molecule has 2 aliphatic heterocycles. The molecule has 7 heteroatoms. The van der Waals surface area contributed by atoms with Crippen molar-refractivity contribution in [3.05, 3.63) is 34.9 Å². The second kappa shape index (κ2) is 7.93. The Hall–Kier alpha value is -2.98. The average molecular weight is 354 g/mol. The highest BCUT2D eigenvalue weighted by molar-refractivity contribution is 6.05. The highest BCUT2D eigenvalue weighted by Crippen LogP contribution is 2.29. The molecule has 0 bridgehead atoms. The zero-order valence-electron chi connectivity index (χ0n) is 14.1. The number of aldehydes is 1. The lowest BCUT2D eigenvalue weighted by molar-refractivity contribution is -0.136. The minimum Gasteiger partial charge on any atom is -0.368 e. The number of nitrogens with zero attached hydrogens (tertiary/aromatic N) is 1. The molecule has 1 atom stereocenters. The highest BCUT2D eigenvalue weighted by Gasteiger charge is 2.39. The van der Waals surface area contributed by atoms with Gasteiger partial charge in [-0.15, -0.1) is 0 Å². The number of carbonyl (C=O) groups excluding carboxylic acids is 4. The lowest BCUT2D eigenvalue weighted by atomic mass is 10.0. The smallest absolute Gasteiger partial charge is 0.255 e. The van der Waals surface area contributed by atoms with Crippen molar-refractivity contribution in [2.45, 2.75) is 31.8 Å². The number of fused-ring (bicyclic) bond motifs is 1. The first-order valence-corrected chi connectivity index (χ1v) is 8.38. The van der Waals surface area contributed by atoms with Gasteiger partial charge in [0, 0.05) is 30.5 Å². The van der Waals surface area contributed by atoms with Gasteiger partial charge in [-0.2, -0.15) is 0 Å². The second-order valence-electron chi connectivity index (χ2n) is 6.04. The van der Waals surface area contributed by atoms with Gasteiger partial charge in [0.15, 0.2) is 0 Å². The normalized spacial score (nSPS) is 18.8. The van der Waals surface area contributed by atoms with Crippen LogP contribution in [0.3, 0.4) is 0 Å². The molecule has 3 rings (SSSR count). The van der Waals surface area contributed by atoms with E-state index in [1.54, 1.807) is 12.1 Å². The molecule has 0 radical (unpaired) electrons. The molecule has 0 saturated carbocycles. The molecule has 1 saturated heterocycles. The number of ether oxygens (including phenoxy) is 1. The Bertz CT molecular complexity index is 821. The highest BCUT2D eigenvalue weighted by atomic mass is 16.5. The van der Waals surface area contributed by atoms with Crippen molar-refractivity contribution in [1.82, 2.24) is 10.2 Å². The van der Waals surface area contributed by atoms with Crippen molar-refractivity contribution in [3.63, 3.8) is 0 Å². The van der Waals surface area contributed by atoms with Gasteiger partial charge in [0.2, 0.25) is 11.8 Å². The van der Waals surface area contributed by atoms with Gasteiger partial charge in [0.05, 0.1) is 6.61 Å². The van der Waals surface area contributed by atoms with Crippen molar-refractivity contribution in [3.8, 4) is 11.8 Å². The zero-order valence-corrected chi connectivity index (χ0v) is 14.1. The fourth-order valence-corrected chi connectivity index (χ4v) is 3.09. The van der Waals surface area contributed by atoms with Crippen LogP contribution in [0.2, 0.25) is 0 Å². The number of rotatable bonds is 5. The number of nitrogens with one attached hydrogen (secondary N) is 1. The first kappa shape index (κ1) is 17.8. The molecule has 26 heavy (non-hydrogen) atoms. The van der Waals surface area contributed by atoms with E-state index in [-0.39, 0.29) is 31.4 Å². The van der Waals surface area contributed by atoms with Crippen molar-refractivity contribution in [2.75, 3.05) is 13.2 Å². The number of benzene rings is 1. The van der Waals surface area contributed by atoms with Gasteiger partial charge < -0.3 is 14.4 Å². The van der Waals surface area contributed by atoms with Crippen molar-refractivity contribution in [1.29, 1.82) is 0 Å². The number of imide groups is 1. The molecule has 3 amide bonds. The second-order valence-corrected chi connectivity index (χ2v) is 6.04. The van der Waals surface area contributed by atoms with Crippen LogP contribution in [-0.4, -0.2) is 48.2 Å². The molecule has 0 aromatic heterocycles. The summed E-state index contributed by atoms with van der Waals surface area (Å²) >= 11 is 0. The summed E-state index contributed by atoms with van der Waals surface area (Å²) in [5, 5.41) is 2.29. The summed E-state index contributed by atoms with van der Waals surface area (Å²) in [5.41, 5.74) is 2.02. The van der Waals surface area contributed by atoms with Gasteiger partial charge >= 0.3 is 0 Å². The molecular weight excluding hydrogens is 336 g/mol. The maximum atomic E-state index is 12.7. The Balaban J connectivity index is 1.73. The molecule has 1 fully saturated rings. The Morgan fingerprint density at radius 3 is 2.92 bits per heavy atom. The van der Waals surface area contributed by atoms with E-state index in [9.17, 15) is 19.2 Å². The zero-order chi connectivity index (χ0) is 18.5. The third kappa shape index (κ3) is 3.65. The summed E-state index contributed by atoms with van der Waals surface area (Å²) in [5.74, 6) is 4.90. The monoisotopic (exact) mass is 354 g/mol. The van der Waals surface area contributed by atoms with Crippen LogP contribution in [0.25, 0.3) is 0 Å². The summed E-state index contributed by atoms with van der Waals surface area (Å²) in [6, 6.07) is 4.65. The molecule has 1 N–H and O–H groups in total. The summed E-state index contributed by atoms with van der Waals surface area (Å²) in [4.78, 5) is 47.8. The maximum absolute atomic E-state index is 12.7. The van der Waals surface area contributed by atoms with Crippen LogP contribution in [0.15, 0.2) is 18.2 Å². The summed E-state index contributed by atoms with van der Waals surface area (Å²) < 4.78 is 5.21. The van der Waals surface area contributed by atoms with Crippen molar-refractivity contribution in [2.24, 2.45) is 0 Å². The Kier molecular flexibility index (Phi) is 5.44. The quantitative estimate of drug-likeness (QED) is 0.358. The fourth-order valence-electron chi connectivity index (χ4n) is 3.09. The van der Waals surface area contributed by atoms with E-state index in [4.69, 9.17) is 4.74 Å². The summed E-state index contributed by atoms with van der Waals surface area (Å²) in [6.07, 6.45) is 1.67. The lowest BCUT2D eigenvalue weighted by Gasteiger charge is -2.29. The molecule has 2 heterocycles. The van der Waals surface area contributed by atoms with Crippen molar-refractivity contribution < 1.29 is 23.9 Å². The van der Waals surface area contributed by atoms with E-state index in [0.717, 1.165) is 11.8 Å². The first-order chi connectivity index (χ1) is 12.6. The molecule has 134 valence electrons. The molecular formula is C19H18N2O5. The minimum absolute atomic E-state index is 0.197. The molecule has 1 aromatic rings. The third-order valence-corrected chi connectivity index (χ3v) is 4.36. The fraction of sp³-hybridized carbons (Fsp3) is 0.368. The van der Waals surface area contributed by atoms with Gasteiger partial charge in [-0.05, 0) is 24.1 Å². The molecule has 1 unspecified atom stereocenters. The minimum atomic E-state index is -0.639. The maximum Gasteiger partial charge on any atom is 0.255 e. The Labute approximate surface area is 150 Å². The van der Waals surface area contributed by atoms with E-state index in [1.165, 1.54) is 4.90 Å². The standard InChI is InChI=1S/C19H18N2O5/c22-9-3-11-26-10-2-5-13-4-1-6-14-15(13)12-21(19(14)25)16-7-8-17(23)20-18(16)24/h1,4,6,9,16H,3,7-8,10-12H2,(H,20,23,24). The lowest BCUT2D eigenvalue weighted by Crippen LogP contribution is -2.52. The molecule has 0 spiro atoms. The van der Waals surface area contributed by atoms with Crippen LogP contribution in [0.1, 0.15) is 40.7 Å². The predicted molar refractivity (Wildman–Crippen MR) is 90.9 cm³/mol. The van der Waals surface area contributed by atoms with E-state index < -0.39 is 11.9 Å². The SMILES string of the molecule is O=CCCOCC#Cc1cccc2c1CN(C1CCC(=O)NC1=O)C2=O. The van der Waals surface area contributed by atoms with Crippen LogP contribution in [-0.2, 0) is 25.7 Å². The van der Waals surface area contributed by atoms with E-state index in [1.807, 2.05) is 6.07 Å². The Morgan fingerprint density at radius 2 is 2.15 bits per heavy atom. The largest absolute Gasteiger partial charge is 0.368 e. The Morgan fingerprint density at radius 1 is 1.31 bits per heavy atom. The van der Waals surface area contributed by atoms with Crippen LogP contribution in [0.4, 0.5) is 0 Å². The van der Waals surface area contributed by atoms with E-state index in [2.05, 4.69) is 17.2 Å². The van der Waals surface area contributed by atoms with Crippen LogP contribution >= 0.6 is 0 Å². The van der Waals surface area contributed by atoms with Gasteiger partial charge in [-0.25, -0.2) is 0 Å². The van der Waals surface area contributed by atoms with Gasteiger partial charge in [0.1, 0.15) is 18.9 Å². The van der Waals surface area contributed by atoms with Gasteiger partial charge in [-0.3, -0.25) is 19.7 Å². The number of amides is 3. The molecule has 0 aliphatic carbocycles. The molecule has 2 aliphatic rings. The third-order valence-electron chi connectivity index (χ3n) is 4.36. The van der Waals surface area contributed by atoms with Crippen LogP contribution < -0.4 is 5.32 Å². The average Bonchev–Trinajstić information content (AvgIpc) is 2.96. The van der Waals surface area contributed by atoms with Gasteiger partial charge in [-0.1, -0.05) is 17.9 Å². The van der Waals surface area contributed by atoms with Crippen molar-refractivity contribution >= 4 is 24.0 Å². The topological polar surface area (TPSA) is 92.8 Å². The van der Waals surface area contributed by atoms with E-state index in [0.29, 0.717) is 30.6 Å². The number of piperidine rings is 1. The van der Waals surface area contributed by atoms with Crippen LogP contribution in [0, 0.1) is 11.8 Å². The summed E-state index contributed by atoms with van der Waals surface area (Å²) in [6.45, 7) is 0.812. The van der Waals surface area contributed by atoms with Crippen LogP contribution in [0.5, 0.6) is 0 Å². The van der Waals surface area contributed by atoms with E-state index >= 15 is 0 Å². The number of carbonyl (C=O) groups is 4. The number of hydrogen-bond donors (Lipinski definition) is 1. The predicted octanol–water partition coefficient (Wildman–Crippen LogP) is 0.405. The summed E-state index contributed by atoms with van der Waals surface area (Å²) in [7, 11) is 0.